The van der Waals surface area contributed by atoms with Gasteiger partial charge in [0.2, 0.25) is 0 Å². The number of allylic oxidation sites excluding steroid dienone is 4. The Balaban J connectivity index is 1.74. The van der Waals surface area contributed by atoms with Crippen LogP contribution in [0.1, 0.15) is 46.0 Å². The Morgan fingerprint density at radius 1 is 1.30 bits per heavy atom. The average Bonchev–Trinajstić information content (AvgIpc) is 2.86. The molecule has 0 aromatic carbocycles. The van der Waals surface area contributed by atoms with E-state index in [2.05, 4.69) is 6.92 Å². The molecule has 0 radical (unpaired) electrons. The lowest BCUT2D eigenvalue weighted by molar-refractivity contribution is -0.207. The number of aliphatic hydroxyl groups excluding tert-OH is 2. The maximum Gasteiger partial charge on any atom is 0.335 e. The van der Waals surface area contributed by atoms with Crippen LogP contribution in [0.2, 0.25) is 0 Å². The lowest BCUT2D eigenvalue weighted by Crippen LogP contribution is -2.63. The van der Waals surface area contributed by atoms with Crippen molar-refractivity contribution in [3.05, 3.63) is 23.8 Å². The number of rotatable bonds is 2. The van der Waals surface area contributed by atoms with Crippen LogP contribution in [-0.2, 0) is 9.59 Å². The first-order valence-corrected chi connectivity index (χ1v) is 9.80. The Morgan fingerprint density at radius 2 is 2.00 bits per heavy atom. The van der Waals surface area contributed by atoms with Crippen molar-refractivity contribution < 1.29 is 30.0 Å². The van der Waals surface area contributed by atoms with E-state index >= 15 is 0 Å². The third-order valence-electron chi connectivity index (χ3n) is 8.40. The smallest absolute Gasteiger partial charge is 0.335 e. The van der Waals surface area contributed by atoms with E-state index in [1.807, 2.05) is 13.0 Å². The molecule has 4 N–H and O–H groups in total. The van der Waals surface area contributed by atoms with Crippen LogP contribution in [0.25, 0.3) is 0 Å². The number of carboxylic acid groups (broad SMARTS) is 1. The summed E-state index contributed by atoms with van der Waals surface area (Å²) in [6.45, 7) is 3.89. The molecular formula is C21H28O6. The van der Waals surface area contributed by atoms with E-state index in [4.69, 9.17) is 0 Å². The fraction of sp³-hybridized carbons (Fsp3) is 0.714. The first-order chi connectivity index (χ1) is 12.5. The predicted octanol–water partition coefficient (Wildman–Crippen LogP) is 1.44. The molecule has 8 atom stereocenters. The Bertz CT molecular complexity index is 756. The van der Waals surface area contributed by atoms with Crippen LogP contribution in [0, 0.1) is 28.6 Å². The molecule has 6 heteroatoms. The highest BCUT2D eigenvalue weighted by Crippen LogP contribution is 2.67. The summed E-state index contributed by atoms with van der Waals surface area (Å²) in [5, 5.41) is 41.9. The number of hydrogen-bond donors (Lipinski definition) is 4. The molecule has 1 unspecified atom stereocenters. The third-order valence-corrected chi connectivity index (χ3v) is 8.40. The fourth-order valence-corrected chi connectivity index (χ4v) is 7.02. The first-order valence-electron chi connectivity index (χ1n) is 9.80. The summed E-state index contributed by atoms with van der Waals surface area (Å²) in [5.74, 6) is -1.39. The summed E-state index contributed by atoms with van der Waals surface area (Å²) in [7, 11) is 0. The van der Waals surface area contributed by atoms with E-state index in [1.54, 1.807) is 12.2 Å². The van der Waals surface area contributed by atoms with Crippen LogP contribution in [-0.4, -0.2) is 50.0 Å². The normalized spacial score (nSPS) is 49.7. The van der Waals surface area contributed by atoms with Gasteiger partial charge in [0.25, 0.3) is 0 Å². The molecule has 0 spiro atoms. The van der Waals surface area contributed by atoms with Crippen LogP contribution in [0.5, 0.6) is 0 Å². The standard InChI is InChI=1S/C21H28O6/c1-19-7-5-12(22)9-11(19)3-4-13-14-6-8-21(27,17(24)18(25)26)20(14,2)10-15(23)16(13)19/h5,7,9,13-17,23-24,27H,3-4,6,8,10H2,1-2H3,(H,25,26)/t13-,14-,15?,16+,17+,19-,20-,21-/m0/s1. The average molecular weight is 376 g/mol. The molecule has 6 nitrogen and oxygen atoms in total. The number of fused-ring (bicyclic) bond motifs is 5. The van der Waals surface area contributed by atoms with Crippen molar-refractivity contribution in [3.63, 3.8) is 0 Å². The lowest BCUT2D eigenvalue weighted by Gasteiger charge is -2.60. The quantitative estimate of drug-likeness (QED) is 0.580. The number of carbonyl (C=O) groups is 2. The molecule has 3 fully saturated rings. The first kappa shape index (κ1) is 18.8. The van der Waals surface area contributed by atoms with Crippen molar-refractivity contribution in [2.24, 2.45) is 28.6 Å². The molecular weight excluding hydrogens is 348 g/mol. The molecule has 0 aromatic heterocycles. The number of carbonyl (C=O) groups excluding carboxylic acids is 1. The number of carboxylic acids is 1. The number of aliphatic hydroxyl groups is 3. The van der Waals surface area contributed by atoms with Gasteiger partial charge in [0.15, 0.2) is 11.9 Å². The highest BCUT2D eigenvalue weighted by molar-refractivity contribution is 6.01. The molecule has 0 heterocycles. The molecule has 4 rings (SSSR count). The molecule has 0 aromatic rings. The Labute approximate surface area is 158 Å². The SMILES string of the molecule is C[C@]12C=CC(=O)C=C1CC[C@@H]1[C@@H]2C(O)C[C@@]2(C)[C@H]1CC[C@]2(O)[C@H](O)C(=O)O. The second-order valence-corrected chi connectivity index (χ2v) is 9.42. The summed E-state index contributed by atoms with van der Waals surface area (Å²) < 4.78 is 0. The van der Waals surface area contributed by atoms with Gasteiger partial charge in [-0.05, 0) is 56.1 Å². The van der Waals surface area contributed by atoms with Crippen LogP contribution >= 0.6 is 0 Å². The molecule has 0 aliphatic heterocycles. The van der Waals surface area contributed by atoms with Crippen molar-refractivity contribution in [1.29, 1.82) is 0 Å². The van der Waals surface area contributed by atoms with Crippen molar-refractivity contribution in [1.82, 2.24) is 0 Å². The second kappa shape index (κ2) is 5.75. The molecule has 0 amide bonds. The zero-order chi connectivity index (χ0) is 19.8. The Hall–Kier alpha value is -1.50. The second-order valence-electron chi connectivity index (χ2n) is 9.42. The topological polar surface area (TPSA) is 115 Å². The van der Waals surface area contributed by atoms with Gasteiger partial charge in [0, 0.05) is 16.7 Å². The highest BCUT2D eigenvalue weighted by Gasteiger charge is 2.68. The van der Waals surface area contributed by atoms with Gasteiger partial charge in [0.1, 0.15) is 5.60 Å². The zero-order valence-electron chi connectivity index (χ0n) is 15.8. The van der Waals surface area contributed by atoms with Crippen molar-refractivity contribution >= 4 is 11.8 Å². The summed E-state index contributed by atoms with van der Waals surface area (Å²) in [6, 6.07) is 0. The Kier molecular flexibility index (Phi) is 4.01. The number of ketones is 1. The Morgan fingerprint density at radius 3 is 2.67 bits per heavy atom. The monoisotopic (exact) mass is 376 g/mol. The molecule has 3 saturated carbocycles. The third kappa shape index (κ3) is 2.30. The van der Waals surface area contributed by atoms with E-state index in [-0.39, 0.29) is 36.4 Å². The van der Waals surface area contributed by atoms with E-state index in [0.29, 0.717) is 6.42 Å². The van der Waals surface area contributed by atoms with Crippen LogP contribution in [0.15, 0.2) is 23.8 Å². The van der Waals surface area contributed by atoms with Crippen molar-refractivity contribution in [2.75, 3.05) is 0 Å². The van der Waals surface area contributed by atoms with Gasteiger partial charge in [-0.1, -0.05) is 25.5 Å². The molecule has 148 valence electrons. The van der Waals surface area contributed by atoms with Crippen LogP contribution in [0.3, 0.4) is 0 Å². The van der Waals surface area contributed by atoms with Crippen molar-refractivity contribution in [2.45, 2.75) is 63.8 Å². The molecule has 0 saturated heterocycles. The minimum Gasteiger partial charge on any atom is -0.479 e. The lowest BCUT2D eigenvalue weighted by atomic mass is 9.46. The largest absolute Gasteiger partial charge is 0.479 e. The minimum absolute atomic E-state index is 0.0177. The van der Waals surface area contributed by atoms with Gasteiger partial charge in [0.05, 0.1) is 6.10 Å². The van der Waals surface area contributed by atoms with E-state index in [9.17, 15) is 30.0 Å². The van der Waals surface area contributed by atoms with Gasteiger partial charge in [-0.3, -0.25) is 4.79 Å². The van der Waals surface area contributed by atoms with E-state index < -0.39 is 34.6 Å². The summed E-state index contributed by atoms with van der Waals surface area (Å²) in [6.07, 6.45) is 5.21. The molecule has 27 heavy (non-hydrogen) atoms. The molecule has 4 aliphatic rings. The molecule has 4 aliphatic carbocycles. The minimum atomic E-state index is -1.86. The summed E-state index contributed by atoms with van der Waals surface area (Å²) in [5.41, 5.74) is -1.95. The molecule has 0 bridgehead atoms. The van der Waals surface area contributed by atoms with Crippen LogP contribution < -0.4 is 0 Å². The van der Waals surface area contributed by atoms with E-state index in [0.717, 1.165) is 18.4 Å². The fourth-order valence-electron chi connectivity index (χ4n) is 7.02. The van der Waals surface area contributed by atoms with Crippen molar-refractivity contribution in [3.8, 4) is 0 Å². The maximum atomic E-state index is 11.8. The summed E-state index contributed by atoms with van der Waals surface area (Å²) in [4.78, 5) is 23.2. The zero-order valence-corrected chi connectivity index (χ0v) is 15.8. The maximum absolute atomic E-state index is 11.8. The predicted molar refractivity (Wildman–Crippen MR) is 96.6 cm³/mol. The number of aliphatic carboxylic acids is 1. The van der Waals surface area contributed by atoms with Crippen LogP contribution in [0.4, 0.5) is 0 Å². The summed E-state index contributed by atoms with van der Waals surface area (Å²) >= 11 is 0. The van der Waals surface area contributed by atoms with Gasteiger partial charge >= 0.3 is 5.97 Å². The number of hydrogen-bond acceptors (Lipinski definition) is 5. The van der Waals surface area contributed by atoms with Gasteiger partial charge in [-0.25, -0.2) is 4.79 Å². The van der Waals surface area contributed by atoms with Gasteiger partial charge in [-0.15, -0.1) is 0 Å². The van der Waals surface area contributed by atoms with E-state index in [1.165, 1.54) is 0 Å². The van der Waals surface area contributed by atoms with Gasteiger partial charge < -0.3 is 20.4 Å². The van der Waals surface area contributed by atoms with Gasteiger partial charge in [-0.2, -0.15) is 0 Å². The highest BCUT2D eigenvalue weighted by atomic mass is 16.4.